The van der Waals surface area contributed by atoms with Crippen LogP contribution in [0, 0.1) is 6.92 Å². The first-order valence-electron chi connectivity index (χ1n) is 6.47. The molecule has 0 aliphatic carbocycles. The highest BCUT2D eigenvalue weighted by Crippen LogP contribution is 2.34. The van der Waals surface area contributed by atoms with Crippen molar-refractivity contribution in [1.82, 2.24) is 14.5 Å². The molecule has 11 heteroatoms. The largest absolute Gasteiger partial charge is 0.388 e. The van der Waals surface area contributed by atoms with Crippen LogP contribution < -0.4 is 17.2 Å². The minimum Gasteiger partial charge on any atom is -0.388 e. The summed E-state index contributed by atoms with van der Waals surface area (Å²) in [6, 6.07) is 0. The molecule has 23 heavy (non-hydrogen) atoms. The van der Waals surface area contributed by atoms with Crippen LogP contribution in [0.3, 0.4) is 0 Å². The molecular formula is C12H13BrN5O5. The maximum absolute atomic E-state index is 12.2. The molecule has 0 saturated carbocycles. The Morgan fingerprint density at radius 3 is 2.61 bits per heavy atom. The fourth-order valence-electron chi connectivity index (χ4n) is 2.61. The summed E-state index contributed by atoms with van der Waals surface area (Å²) < 4.78 is 6.49. The molecule has 0 spiro atoms. The predicted molar refractivity (Wildman–Crippen MR) is 82.3 cm³/mol. The highest BCUT2D eigenvalue weighted by molar-refractivity contribution is 9.10. The number of nitrogens with one attached hydrogen (secondary N) is 1. The number of nitrogens with zero attached hydrogens (tertiary/aromatic N) is 2. The second kappa shape index (κ2) is 5.30. The van der Waals surface area contributed by atoms with Crippen molar-refractivity contribution < 1.29 is 19.7 Å². The Kier molecular flexibility index (Phi) is 3.67. The Morgan fingerprint density at radius 1 is 1.43 bits per heavy atom. The van der Waals surface area contributed by atoms with E-state index in [1.54, 1.807) is 0 Å². The third-order valence-electron chi connectivity index (χ3n) is 3.69. The van der Waals surface area contributed by atoms with Gasteiger partial charge in [0.25, 0.3) is 5.91 Å². The van der Waals surface area contributed by atoms with Gasteiger partial charge in [0.05, 0.1) is 21.7 Å². The van der Waals surface area contributed by atoms with E-state index in [1.165, 1.54) is 0 Å². The molecule has 123 valence electrons. The van der Waals surface area contributed by atoms with Gasteiger partial charge in [-0.3, -0.25) is 4.79 Å². The zero-order chi connectivity index (χ0) is 17.0. The molecule has 1 radical (unpaired) electrons. The first-order valence-corrected chi connectivity index (χ1v) is 7.27. The molecule has 0 aromatic carbocycles. The van der Waals surface area contributed by atoms with Crippen LogP contribution in [0.2, 0.25) is 0 Å². The van der Waals surface area contributed by atoms with Crippen molar-refractivity contribution in [3.8, 4) is 0 Å². The summed E-state index contributed by atoms with van der Waals surface area (Å²) >= 11 is 3.13. The lowest BCUT2D eigenvalue weighted by Crippen LogP contribution is -2.36. The van der Waals surface area contributed by atoms with E-state index < -0.39 is 36.1 Å². The van der Waals surface area contributed by atoms with Crippen LogP contribution in [0.4, 0.5) is 5.82 Å². The fraction of sp³-hybridized carbons (Fsp3) is 0.333. The number of rotatable bonds is 2. The molecule has 1 aliphatic heterocycles. The van der Waals surface area contributed by atoms with Gasteiger partial charge in [-0.25, -0.2) is 9.36 Å². The molecule has 1 aliphatic rings. The molecule has 0 bridgehead atoms. The van der Waals surface area contributed by atoms with E-state index in [4.69, 9.17) is 16.2 Å². The number of H-pyrrole nitrogens is 1. The van der Waals surface area contributed by atoms with Crippen LogP contribution in [0.5, 0.6) is 0 Å². The number of hydrogen-bond acceptors (Lipinski definition) is 7. The van der Waals surface area contributed by atoms with Crippen molar-refractivity contribution in [2.24, 2.45) is 5.73 Å². The smallest absolute Gasteiger partial charge is 0.353 e. The van der Waals surface area contributed by atoms with Gasteiger partial charge in [0, 0.05) is 0 Å². The normalized spacial score (nSPS) is 27.7. The predicted octanol–water partition coefficient (Wildman–Crippen LogP) is -1.38. The molecular weight excluding hydrogens is 374 g/mol. The third kappa shape index (κ3) is 2.24. The Balaban J connectivity index is 2.33. The van der Waals surface area contributed by atoms with E-state index >= 15 is 0 Å². The quantitative estimate of drug-likeness (QED) is 0.423. The van der Waals surface area contributed by atoms with E-state index in [0.717, 1.165) is 4.57 Å². The Bertz CT molecular complexity index is 862. The Morgan fingerprint density at radius 2 is 2.09 bits per heavy atom. The molecule has 0 unspecified atom stereocenters. The first-order chi connectivity index (χ1) is 10.7. The van der Waals surface area contributed by atoms with Crippen molar-refractivity contribution in [3.05, 3.63) is 27.6 Å². The number of aliphatic hydroxyl groups excluding tert-OH is 2. The van der Waals surface area contributed by atoms with Crippen LogP contribution in [0.15, 0.2) is 9.40 Å². The van der Waals surface area contributed by atoms with Gasteiger partial charge in [-0.1, -0.05) is 0 Å². The minimum atomic E-state index is -1.41. The number of halogens is 1. The number of ether oxygens (including phenoxy) is 1. The number of fused-ring (bicyclic) bond motifs is 1. The Hall–Kier alpha value is -1.95. The lowest BCUT2D eigenvalue weighted by molar-refractivity contribution is -0.0274. The van der Waals surface area contributed by atoms with Crippen LogP contribution in [0.1, 0.15) is 16.6 Å². The molecule has 3 rings (SSSR count). The van der Waals surface area contributed by atoms with E-state index in [9.17, 15) is 19.8 Å². The van der Waals surface area contributed by atoms with Crippen molar-refractivity contribution in [2.75, 3.05) is 5.73 Å². The van der Waals surface area contributed by atoms with Crippen LogP contribution in [-0.4, -0.2) is 49.0 Å². The molecule has 2 aromatic rings. The molecule has 1 fully saturated rings. The summed E-state index contributed by atoms with van der Waals surface area (Å²) in [7, 11) is 0. The molecule has 4 atom stereocenters. The van der Waals surface area contributed by atoms with Gasteiger partial charge in [0.1, 0.15) is 23.7 Å². The van der Waals surface area contributed by atoms with Gasteiger partial charge in [-0.05, 0) is 22.9 Å². The number of aliphatic hydroxyl groups is 2. The molecule has 1 amide bonds. The van der Waals surface area contributed by atoms with Gasteiger partial charge < -0.3 is 31.4 Å². The molecule has 3 heterocycles. The zero-order valence-corrected chi connectivity index (χ0v) is 13.1. The van der Waals surface area contributed by atoms with Gasteiger partial charge in [-0.15, -0.1) is 0 Å². The number of carbonyl (C=O) groups is 1. The van der Waals surface area contributed by atoms with Gasteiger partial charge in [-0.2, -0.15) is 4.98 Å². The van der Waals surface area contributed by atoms with Crippen LogP contribution in [0.25, 0.3) is 11.0 Å². The highest BCUT2D eigenvalue weighted by Gasteiger charge is 2.43. The average molecular weight is 387 g/mol. The fourth-order valence-corrected chi connectivity index (χ4v) is 3.19. The van der Waals surface area contributed by atoms with Gasteiger partial charge in [0.2, 0.25) is 0 Å². The molecule has 1 saturated heterocycles. The van der Waals surface area contributed by atoms with Crippen molar-refractivity contribution >= 4 is 38.7 Å². The van der Waals surface area contributed by atoms with E-state index in [2.05, 4.69) is 32.8 Å². The summed E-state index contributed by atoms with van der Waals surface area (Å²) in [4.78, 5) is 30.2. The maximum Gasteiger partial charge on any atom is 0.353 e. The number of primary amides is 1. The monoisotopic (exact) mass is 386 g/mol. The number of aromatic nitrogens is 3. The topological polar surface area (TPSA) is 169 Å². The number of nitrogens with two attached hydrogens (primary N) is 2. The number of hydrogen-bond donors (Lipinski definition) is 5. The minimum absolute atomic E-state index is 0.0120. The van der Waals surface area contributed by atoms with Crippen molar-refractivity contribution in [1.29, 1.82) is 0 Å². The lowest BCUT2D eigenvalue weighted by atomic mass is 10.1. The number of carbonyl (C=O) groups excluding carboxylic acids is 1. The van der Waals surface area contributed by atoms with E-state index in [-0.39, 0.29) is 27.0 Å². The third-order valence-corrected chi connectivity index (χ3v) is 4.29. The highest BCUT2D eigenvalue weighted by atomic mass is 79.9. The van der Waals surface area contributed by atoms with Crippen LogP contribution >= 0.6 is 15.9 Å². The van der Waals surface area contributed by atoms with Gasteiger partial charge >= 0.3 is 5.69 Å². The van der Waals surface area contributed by atoms with Crippen molar-refractivity contribution in [2.45, 2.75) is 24.5 Å². The average Bonchev–Trinajstić information content (AvgIpc) is 2.92. The summed E-state index contributed by atoms with van der Waals surface area (Å²) in [6.07, 6.45) is -4.89. The maximum atomic E-state index is 12.2. The number of aromatic amines is 1. The lowest BCUT2D eigenvalue weighted by Gasteiger charge is -2.18. The standard InChI is InChI=1S/C12H13BrN5O5/c1-2-5(19)6(20)11(23-2)18-10-4(8(14)17-12(18)22)3(9(15)21)7(13)16-10/h2,5-6,11,16,19-20H,1H2,(H2,15,21)(H2,14,17,22)/t2-,5-,6+,11-/m0/s1. The second-order valence-corrected chi connectivity index (χ2v) is 5.89. The number of nitrogen functional groups attached to an aromatic ring is 1. The molecule has 10 nitrogen and oxygen atoms in total. The van der Waals surface area contributed by atoms with Crippen molar-refractivity contribution in [3.63, 3.8) is 0 Å². The van der Waals surface area contributed by atoms with E-state index in [0.29, 0.717) is 0 Å². The van der Waals surface area contributed by atoms with E-state index in [1.807, 2.05) is 0 Å². The number of anilines is 1. The second-order valence-electron chi connectivity index (χ2n) is 5.10. The summed E-state index contributed by atoms with van der Waals surface area (Å²) in [5.41, 5.74) is 10.3. The summed E-state index contributed by atoms with van der Waals surface area (Å²) in [5, 5.41) is 20.0. The number of amides is 1. The summed E-state index contributed by atoms with van der Waals surface area (Å²) in [6.45, 7) is 3.54. The molecule has 2 aromatic heterocycles. The van der Waals surface area contributed by atoms with Gasteiger partial charge in [0.15, 0.2) is 6.23 Å². The zero-order valence-electron chi connectivity index (χ0n) is 11.6. The first kappa shape index (κ1) is 15.9. The summed E-state index contributed by atoms with van der Waals surface area (Å²) in [5.74, 6) is -0.985. The van der Waals surface area contributed by atoms with Crippen LogP contribution in [-0.2, 0) is 4.74 Å². The SMILES string of the molecule is [CH2][C@@H]1O[C@H](n2c(=O)nc(N)c3c(C(N)=O)c(Br)[nH]c32)[C@H](O)[C@H]1O. The molecule has 7 N–H and O–H groups in total. The Labute approximate surface area is 137 Å².